The number of rotatable bonds is 2. The first-order chi connectivity index (χ1) is 6.68. The molecule has 0 atom stereocenters. The molecule has 0 saturated carbocycles. The number of benzene rings is 1. The topological polar surface area (TPSA) is 0 Å². The van der Waals surface area contributed by atoms with Gasteiger partial charge in [0, 0.05) is 4.90 Å². The van der Waals surface area contributed by atoms with Gasteiger partial charge in [0.05, 0.1) is 0 Å². The van der Waals surface area contributed by atoms with E-state index in [1.165, 1.54) is 0 Å². The van der Waals surface area contributed by atoms with E-state index in [4.69, 9.17) is 0 Å². The summed E-state index contributed by atoms with van der Waals surface area (Å²) < 4.78 is 72.1. The molecule has 9 heteroatoms. The Morgan fingerprint density at radius 1 is 1.06 bits per heavy atom. The van der Waals surface area contributed by atoms with Crippen LogP contribution in [-0.2, 0) is 0 Å². The van der Waals surface area contributed by atoms with Crippen LogP contribution in [0.1, 0.15) is 0 Å². The second-order valence-corrected chi connectivity index (χ2v) is 3.83. The smallest absolute Gasteiger partial charge is 0.445 e. The van der Waals surface area contributed by atoms with E-state index in [0.29, 0.717) is 6.07 Å². The normalized spacial score (nSPS) is 12.1. The predicted molar refractivity (Wildman–Crippen MR) is 47.1 cm³/mol. The van der Waals surface area contributed by atoms with Crippen LogP contribution in [0.4, 0.5) is 26.1 Å². The van der Waals surface area contributed by atoms with Gasteiger partial charge in [0.1, 0.15) is 0 Å². The fraction of sp³-hybridized carbons (Fsp3) is 0.143. The summed E-state index contributed by atoms with van der Waals surface area (Å²) >= 11 is -0.559. The third-order valence-electron chi connectivity index (χ3n) is 1.47. The molecule has 0 fully saturated rings. The van der Waals surface area contributed by atoms with Gasteiger partial charge in [0.15, 0.2) is 0 Å². The number of hydrogen-bond donors (Lipinski definition) is 0. The molecule has 0 amide bonds. The molecule has 0 radical (unpaired) electrons. The summed E-state index contributed by atoms with van der Waals surface area (Å²) in [4.78, 5) is -0.459. The fourth-order valence-electron chi connectivity index (χ4n) is 0.915. The molecular weight excluding hydrogens is 280 g/mol. The number of alkyl halides is 3. The molecule has 0 heterocycles. The fourth-order valence-corrected chi connectivity index (χ4v) is 1.52. The van der Waals surface area contributed by atoms with Gasteiger partial charge in [-0.1, -0.05) is 18.2 Å². The molecule has 1 rings (SSSR count). The zero-order valence-electron chi connectivity index (χ0n) is 8.06. The van der Waals surface area contributed by atoms with Gasteiger partial charge < -0.3 is 12.9 Å². The van der Waals surface area contributed by atoms with E-state index < -0.39 is 34.6 Å². The Labute approximate surface area is 135 Å². The molecule has 84 valence electrons. The van der Waals surface area contributed by atoms with Gasteiger partial charge in [0.25, 0.3) is 0 Å². The zero-order valence-corrected chi connectivity index (χ0v) is 12.0. The van der Waals surface area contributed by atoms with Gasteiger partial charge >= 0.3 is 63.9 Å². The molecule has 0 aliphatic carbocycles. The molecule has 1 aromatic carbocycles. The maximum Gasteiger partial charge on any atom is 1.00 e. The average molecular weight is 284 g/mol. The Balaban J connectivity index is 0.00000225. The van der Waals surface area contributed by atoms with Gasteiger partial charge in [-0.3, -0.25) is 0 Å². The summed E-state index contributed by atoms with van der Waals surface area (Å²) in [5.74, 6) is 0. The molecule has 0 nitrogen and oxygen atoms in total. The van der Waals surface area contributed by atoms with Crippen molar-refractivity contribution in [2.45, 2.75) is 10.4 Å². The summed E-state index contributed by atoms with van der Waals surface area (Å²) in [6, 6.07) is 3.20. The molecule has 1 aromatic rings. The first kappa shape index (κ1) is 16.9. The monoisotopic (exact) mass is 284 g/mol. The molecule has 0 unspecified atom stereocenters. The molecule has 0 aliphatic heterocycles. The Kier molecular flexibility index (Phi) is 6.47. The number of thioether (sulfide) groups is 1. The SMILES string of the molecule is F[B-](F)(F)c1cccc(SC(F)(F)F)c1.[K+]. The molecule has 0 aromatic heterocycles. The van der Waals surface area contributed by atoms with Gasteiger partial charge in [-0.25, -0.2) is 0 Å². The van der Waals surface area contributed by atoms with Gasteiger partial charge in [-0.2, -0.15) is 13.2 Å². The Morgan fingerprint density at radius 3 is 2.06 bits per heavy atom. The minimum Gasteiger partial charge on any atom is -0.445 e. The molecule has 0 saturated heterocycles. The van der Waals surface area contributed by atoms with E-state index >= 15 is 0 Å². The Bertz CT molecular complexity index is 349. The summed E-state index contributed by atoms with van der Waals surface area (Å²) in [7, 11) is 0. The predicted octanol–water partition coefficient (Wildman–Crippen LogP) is 0.357. The van der Waals surface area contributed by atoms with Crippen LogP contribution < -0.4 is 56.8 Å². The van der Waals surface area contributed by atoms with Gasteiger partial charge in [-0.15, -0.1) is 5.46 Å². The summed E-state index contributed by atoms with van der Waals surface area (Å²) in [6.45, 7) is -5.25. The molecule has 0 spiro atoms. The van der Waals surface area contributed by atoms with Crippen molar-refractivity contribution in [3.8, 4) is 0 Å². The molecule has 0 N–H and O–H groups in total. The number of hydrogen-bond acceptors (Lipinski definition) is 1. The van der Waals surface area contributed by atoms with Crippen LogP contribution in [0.5, 0.6) is 0 Å². The van der Waals surface area contributed by atoms with E-state index in [-0.39, 0.29) is 51.4 Å². The first-order valence-electron chi connectivity index (χ1n) is 3.74. The van der Waals surface area contributed by atoms with Crippen LogP contribution >= 0.6 is 11.8 Å². The Morgan fingerprint density at radius 2 is 1.62 bits per heavy atom. The van der Waals surface area contributed by atoms with E-state index in [1.807, 2.05) is 0 Å². The Hall–Kier alpha value is 0.851. The van der Waals surface area contributed by atoms with Crippen molar-refractivity contribution in [1.29, 1.82) is 0 Å². The van der Waals surface area contributed by atoms with Crippen molar-refractivity contribution >= 4 is 24.2 Å². The minimum atomic E-state index is -5.25. The van der Waals surface area contributed by atoms with Crippen LogP contribution in [0.2, 0.25) is 0 Å². The molecule has 16 heavy (non-hydrogen) atoms. The third kappa shape index (κ3) is 5.97. The van der Waals surface area contributed by atoms with Crippen LogP contribution in [0.15, 0.2) is 29.2 Å². The average Bonchev–Trinajstić information content (AvgIpc) is 1.99. The van der Waals surface area contributed by atoms with Crippen molar-refractivity contribution in [3.05, 3.63) is 24.3 Å². The summed E-state index contributed by atoms with van der Waals surface area (Å²) in [5.41, 5.74) is -5.60. The quantitative estimate of drug-likeness (QED) is 0.429. The van der Waals surface area contributed by atoms with Crippen molar-refractivity contribution < 1.29 is 77.5 Å². The largest absolute Gasteiger partial charge is 1.00 e. The van der Waals surface area contributed by atoms with E-state index in [1.54, 1.807) is 0 Å². The second-order valence-electron chi connectivity index (χ2n) is 2.70. The van der Waals surface area contributed by atoms with Crippen molar-refractivity contribution in [2.75, 3.05) is 0 Å². The molecule has 0 aliphatic rings. The zero-order chi connectivity index (χ0) is 11.7. The third-order valence-corrected chi connectivity index (χ3v) is 2.19. The van der Waals surface area contributed by atoms with Gasteiger partial charge in [0.2, 0.25) is 0 Å². The van der Waals surface area contributed by atoms with Crippen molar-refractivity contribution in [2.24, 2.45) is 0 Å². The maximum absolute atomic E-state index is 12.2. The van der Waals surface area contributed by atoms with Crippen LogP contribution in [0.25, 0.3) is 0 Å². The second kappa shape index (κ2) is 6.15. The minimum absolute atomic E-state index is 0. The van der Waals surface area contributed by atoms with Crippen molar-refractivity contribution in [1.82, 2.24) is 0 Å². The first-order valence-corrected chi connectivity index (χ1v) is 4.56. The standard InChI is InChI=1S/C7H4BF6S.K/c9-7(10,11)15-6-3-1-2-5(4-6)8(12,13)14;/h1-4H;/q-1;+1. The van der Waals surface area contributed by atoms with E-state index in [0.717, 1.165) is 18.2 Å². The molecule has 0 bridgehead atoms. The van der Waals surface area contributed by atoms with Crippen LogP contribution in [0, 0.1) is 0 Å². The number of halogens is 6. The van der Waals surface area contributed by atoms with Crippen LogP contribution in [0.3, 0.4) is 0 Å². The van der Waals surface area contributed by atoms with E-state index in [9.17, 15) is 26.1 Å². The summed E-state index contributed by atoms with van der Waals surface area (Å²) in [5, 5.41) is 0. The van der Waals surface area contributed by atoms with E-state index in [2.05, 4.69) is 0 Å². The van der Waals surface area contributed by atoms with Gasteiger partial charge in [-0.05, 0) is 17.8 Å². The molecular formula is C7H4BF6KS. The maximum atomic E-state index is 12.2. The van der Waals surface area contributed by atoms with Crippen molar-refractivity contribution in [3.63, 3.8) is 0 Å². The van der Waals surface area contributed by atoms with Crippen LogP contribution in [-0.4, -0.2) is 12.5 Å². The summed E-state index contributed by atoms with van der Waals surface area (Å²) in [6.07, 6.45) is 0.